The molecule has 0 saturated carbocycles. The molecule has 0 aromatic carbocycles. The van der Waals surface area contributed by atoms with Gasteiger partial charge in [0.15, 0.2) is 6.29 Å². The van der Waals surface area contributed by atoms with E-state index in [0.717, 1.165) is 109 Å². The second-order valence-electron chi connectivity index (χ2n) is 19.3. The molecule has 1 heterocycles. The molecule has 422 valence electrons. The quantitative estimate of drug-likeness (QED) is 0.0261. The Balaban J connectivity index is 2.26. The van der Waals surface area contributed by atoms with E-state index in [-0.39, 0.29) is 18.9 Å². The summed E-state index contributed by atoms with van der Waals surface area (Å²) in [4.78, 5) is 13.0. The lowest BCUT2D eigenvalue weighted by molar-refractivity contribution is -0.302. The van der Waals surface area contributed by atoms with Crippen LogP contribution in [0.5, 0.6) is 0 Å². The molecular weight excluding hydrogens is 935 g/mol. The van der Waals surface area contributed by atoms with Gasteiger partial charge >= 0.3 is 0 Å². The van der Waals surface area contributed by atoms with Gasteiger partial charge in [0, 0.05) is 6.42 Å². The van der Waals surface area contributed by atoms with E-state index in [9.17, 15) is 30.3 Å². The molecule has 1 fully saturated rings. The van der Waals surface area contributed by atoms with Crippen LogP contribution in [0, 0.1) is 0 Å². The summed E-state index contributed by atoms with van der Waals surface area (Å²) in [7, 11) is 0. The van der Waals surface area contributed by atoms with Crippen LogP contribution in [0.2, 0.25) is 0 Å². The topological polar surface area (TPSA) is 149 Å². The van der Waals surface area contributed by atoms with Crippen molar-refractivity contribution < 1.29 is 39.8 Å². The maximum absolute atomic E-state index is 13.0. The number of unbranched alkanes of at least 4 members (excludes halogenated alkanes) is 13. The molecule has 75 heavy (non-hydrogen) atoms. The summed E-state index contributed by atoms with van der Waals surface area (Å²) in [5.74, 6) is -0.226. The number of nitrogens with one attached hydrogen (secondary N) is 1. The van der Waals surface area contributed by atoms with E-state index in [0.29, 0.717) is 6.42 Å². The molecule has 1 saturated heterocycles. The van der Waals surface area contributed by atoms with Gasteiger partial charge in [0.25, 0.3) is 0 Å². The van der Waals surface area contributed by atoms with Crippen molar-refractivity contribution in [1.82, 2.24) is 5.32 Å². The Kier molecular flexibility index (Phi) is 48.8. The molecule has 1 rings (SSSR count). The van der Waals surface area contributed by atoms with Crippen LogP contribution in [0.4, 0.5) is 0 Å². The number of hydrogen-bond donors (Lipinski definition) is 6. The maximum Gasteiger partial charge on any atom is 0.220 e. The van der Waals surface area contributed by atoms with Gasteiger partial charge in [-0.25, -0.2) is 0 Å². The standard InChI is InChI=1S/C66H105NO8/c1-3-5-7-9-11-13-15-17-19-20-21-22-23-24-25-26-27-28-29-30-31-32-33-34-35-36-37-38-39-40-42-44-46-48-50-52-54-56-62(70)67-59(58-74-66-65(73)64(72)63(71)61(57-68)75-66)60(69)55-53-51-49-47-45-43-41-18-16-14-12-10-8-6-4-2/h5,7,11,13,17,19,21-22,24-25,27-28,30-31,33-34,36-37,39-40,44-47,53,55,59-61,63-66,68-69,71-73H,3-4,6,8-10,12,14-16,18,20,23,26,29,32,35,38,41-43,48-52,54,56-58H2,1-2H3,(H,67,70)/b7-5-,13-11-,19-17-,22-21-,25-24-,28-27-,31-30-,34-33-,37-36-,40-39-,46-44-,47-45+,55-53+. The van der Waals surface area contributed by atoms with E-state index in [2.05, 4.69) is 165 Å². The van der Waals surface area contributed by atoms with E-state index in [1.54, 1.807) is 6.08 Å². The second kappa shape index (κ2) is 53.2. The smallest absolute Gasteiger partial charge is 0.220 e. The predicted octanol–water partition coefficient (Wildman–Crippen LogP) is 14.8. The Morgan fingerprint density at radius 3 is 1.28 bits per heavy atom. The first kappa shape index (κ1) is 68.8. The van der Waals surface area contributed by atoms with Crippen molar-refractivity contribution in [2.75, 3.05) is 13.2 Å². The number of hydrogen-bond acceptors (Lipinski definition) is 8. The average Bonchev–Trinajstić information content (AvgIpc) is 3.41. The number of carbonyl (C=O) groups excluding carboxylic acids is 1. The molecule has 9 nitrogen and oxygen atoms in total. The largest absolute Gasteiger partial charge is 0.394 e. The van der Waals surface area contributed by atoms with Crippen molar-refractivity contribution in [2.24, 2.45) is 0 Å². The minimum Gasteiger partial charge on any atom is -0.394 e. The van der Waals surface area contributed by atoms with Gasteiger partial charge in [0.2, 0.25) is 5.91 Å². The van der Waals surface area contributed by atoms with Crippen LogP contribution in [0.1, 0.15) is 194 Å². The molecular formula is C66H105NO8. The third-order valence-corrected chi connectivity index (χ3v) is 12.6. The van der Waals surface area contributed by atoms with Gasteiger partial charge in [0.1, 0.15) is 24.4 Å². The number of rotatable bonds is 47. The molecule has 1 aliphatic heterocycles. The molecule has 0 aromatic rings. The van der Waals surface area contributed by atoms with Crippen molar-refractivity contribution >= 4 is 5.91 Å². The lowest BCUT2D eigenvalue weighted by Gasteiger charge is -2.40. The van der Waals surface area contributed by atoms with Gasteiger partial charge in [-0.05, 0) is 116 Å². The van der Waals surface area contributed by atoms with Gasteiger partial charge in [-0.3, -0.25) is 4.79 Å². The van der Waals surface area contributed by atoms with Crippen LogP contribution in [0.3, 0.4) is 0 Å². The summed E-state index contributed by atoms with van der Waals surface area (Å²) in [5.41, 5.74) is 0. The first-order valence-corrected chi connectivity index (χ1v) is 29.2. The third-order valence-electron chi connectivity index (χ3n) is 12.6. The number of aliphatic hydroxyl groups excluding tert-OH is 5. The second-order valence-corrected chi connectivity index (χ2v) is 19.3. The predicted molar refractivity (Wildman–Crippen MR) is 317 cm³/mol. The molecule has 1 amide bonds. The van der Waals surface area contributed by atoms with Gasteiger partial charge in [-0.1, -0.05) is 230 Å². The summed E-state index contributed by atoms with van der Waals surface area (Å²) in [6, 6.07) is -0.852. The highest BCUT2D eigenvalue weighted by molar-refractivity contribution is 5.76. The normalized spacial score (nSPS) is 20.1. The van der Waals surface area contributed by atoms with Crippen molar-refractivity contribution in [3.63, 3.8) is 0 Å². The fraction of sp³-hybridized carbons (Fsp3) is 0.591. The molecule has 0 bridgehead atoms. The van der Waals surface area contributed by atoms with E-state index in [1.807, 2.05) is 6.08 Å². The first-order valence-electron chi connectivity index (χ1n) is 29.2. The van der Waals surface area contributed by atoms with Crippen LogP contribution in [0.25, 0.3) is 0 Å². The highest BCUT2D eigenvalue weighted by atomic mass is 16.7. The zero-order valence-corrected chi connectivity index (χ0v) is 46.7. The number of ether oxygens (including phenoxy) is 2. The van der Waals surface area contributed by atoms with Crippen LogP contribution in [-0.2, 0) is 14.3 Å². The first-order chi connectivity index (χ1) is 36.8. The summed E-state index contributed by atoms with van der Waals surface area (Å²) in [5, 5.41) is 54.4. The molecule has 0 radical (unpaired) electrons. The van der Waals surface area contributed by atoms with E-state index >= 15 is 0 Å². The van der Waals surface area contributed by atoms with Crippen molar-refractivity contribution in [3.05, 3.63) is 158 Å². The molecule has 6 N–H and O–H groups in total. The zero-order valence-electron chi connectivity index (χ0n) is 46.7. The highest BCUT2D eigenvalue weighted by Crippen LogP contribution is 2.22. The van der Waals surface area contributed by atoms with E-state index in [1.165, 1.54) is 57.8 Å². The van der Waals surface area contributed by atoms with Crippen LogP contribution < -0.4 is 5.32 Å². The Hall–Kier alpha value is -4.19. The molecule has 9 heteroatoms. The summed E-state index contributed by atoms with van der Waals surface area (Å²) < 4.78 is 11.2. The maximum atomic E-state index is 13.0. The molecule has 7 atom stereocenters. The minimum atomic E-state index is -1.59. The SMILES string of the molecule is CC/C=C\C/C=C\C/C=C\C/C=C\C/C=C\C/C=C\C/C=C\C/C=C\C/C=C\C/C=C\C/C=C\CCCCCC(=O)NC(COC1OC(CO)C(O)C(O)C1O)C(O)/C=C/CC/C=C/CCCCCCCCCCC. The number of allylic oxidation sites excluding steroid dienone is 25. The average molecular weight is 1040 g/mol. The monoisotopic (exact) mass is 1040 g/mol. The number of amides is 1. The van der Waals surface area contributed by atoms with Crippen molar-refractivity contribution in [2.45, 2.75) is 236 Å². The molecule has 0 aromatic heterocycles. The number of aliphatic hydroxyl groups is 5. The van der Waals surface area contributed by atoms with Gasteiger partial charge < -0.3 is 40.3 Å². The van der Waals surface area contributed by atoms with Crippen molar-refractivity contribution in [1.29, 1.82) is 0 Å². The van der Waals surface area contributed by atoms with E-state index in [4.69, 9.17) is 9.47 Å². The van der Waals surface area contributed by atoms with Gasteiger partial charge in [0.05, 0.1) is 25.4 Å². The van der Waals surface area contributed by atoms with E-state index < -0.39 is 49.5 Å². The van der Waals surface area contributed by atoms with Gasteiger partial charge in [-0.15, -0.1) is 0 Å². The molecule has 1 aliphatic rings. The minimum absolute atomic E-state index is 0.225. The lowest BCUT2D eigenvalue weighted by atomic mass is 9.99. The Morgan fingerprint density at radius 1 is 0.467 bits per heavy atom. The number of carbonyl (C=O) groups is 1. The summed E-state index contributed by atoms with van der Waals surface area (Å²) in [6.07, 6.45) is 77.4. The lowest BCUT2D eigenvalue weighted by Crippen LogP contribution is -2.60. The van der Waals surface area contributed by atoms with Crippen LogP contribution in [-0.4, -0.2) is 87.5 Å². The zero-order chi connectivity index (χ0) is 54.3. The molecule has 0 spiro atoms. The third kappa shape index (κ3) is 42.6. The Morgan fingerprint density at radius 2 is 0.840 bits per heavy atom. The van der Waals surface area contributed by atoms with Crippen molar-refractivity contribution in [3.8, 4) is 0 Å². The fourth-order valence-corrected chi connectivity index (χ4v) is 8.00. The summed E-state index contributed by atoms with van der Waals surface area (Å²) in [6.45, 7) is 3.60. The van der Waals surface area contributed by atoms with Crippen LogP contribution >= 0.6 is 0 Å². The molecule has 0 aliphatic carbocycles. The highest BCUT2D eigenvalue weighted by Gasteiger charge is 2.44. The molecule has 7 unspecified atom stereocenters. The Labute approximate surface area is 456 Å². The van der Waals surface area contributed by atoms with Crippen LogP contribution in [0.15, 0.2) is 158 Å². The summed E-state index contributed by atoms with van der Waals surface area (Å²) >= 11 is 0. The Bertz CT molecular complexity index is 1730. The fourth-order valence-electron chi connectivity index (χ4n) is 8.00. The van der Waals surface area contributed by atoms with Gasteiger partial charge in [-0.2, -0.15) is 0 Å².